The van der Waals surface area contributed by atoms with E-state index in [1.54, 1.807) is 0 Å². The fraction of sp³-hybridized carbons (Fsp3) is 0.600. The van der Waals surface area contributed by atoms with Gasteiger partial charge in [0, 0.05) is 38.8 Å². The van der Waals surface area contributed by atoms with Crippen LogP contribution in [0.3, 0.4) is 0 Å². The maximum absolute atomic E-state index is 13.4. The van der Waals surface area contributed by atoms with E-state index in [2.05, 4.69) is 20.1 Å². The second-order valence-electron chi connectivity index (χ2n) is 8.11. The summed E-state index contributed by atoms with van der Waals surface area (Å²) in [6.45, 7) is 3.77. The Morgan fingerprint density at radius 2 is 1.83 bits per heavy atom. The Balaban J connectivity index is 1.15. The van der Waals surface area contributed by atoms with Crippen molar-refractivity contribution in [3.05, 3.63) is 24.3 Å². The van der Waals surface area contributed by atoms with Gasteiger partial charge in [0.2, 0.25) is 5.91 Å². The topological polar surface area (TPSA) is 64.9 Å². The number of nitrogens with zero attached hydrogens (tertiary/aromatic N) is 4. The summed E-state index contributed by atoms with van der Waals surface area (Å²) in [4.78, 5) is 23.0. The molecule has 0 aliphatic carbocycles. The lowest BCUT2D eigenvalue weighted by atomic mass is 10.1. The van der Waals surface area contributed by atoms with Gasteiger partial charge >= 0.3 is 0 Å². The molecule has 4 atom stereocenters. The second kappa shape index (κ2) is 7.53. The average molecular weight is 405 g/mol. The Kier molecular flexibility index (Phi) is 4.87. The maximum atomic E-state index is 13.4. The molecule has 5 rings (SSSR count). The fourth-order valence-corrected chi connectivity index (χ4v) is 4.58. The number of oxazole rings is 1. The van der Waals surface area contributed by atoms with Gasteiger partial charge in [0.15, 0.2) is 17.9 Å². The van der Waals surface area contributed by atoms with Crippen molar-refractivity contribution in [2.24, 2.45) is 0 Å². The molecule has 3 aliphatic heterocycles. The van der Waals surface area contributed by atoms with Gasteiger partial charge in [-0.1, -0.05) is 12.1 Å². The minimum absolute atomic E-state index is 0.133. The van der Waals surface area contributed by atoms with Crippen LogP contribution >= 0.6 is 0 Å². The van der Waals surface area contributed by atoms with Gasteiger partial charge in [-0.2, -0.15) is 4.98 Å². The smallest absolute Gasteiger partial charge is 0.298 e. The molecule has 0 radical (unpaired) electrons. The Morgan fingerprint density at radius 3 is 2.55 bits per heavy atom. The van der Waals surface area contributed by atoms with E-state index in [9.17, 15) is 13.6 Å². The molecule has 1 amide bonds. The first kappa shape index (κ1) is 18.7. The lowest BCUT2D eigenvalue weighted by Gasteiger charge is -2.37. The third kappa shape index (κ3) is 3.57. The number of para-hydroxylation sites is 2. The van der Waals surface area contributed by atoms with Crippen LogP contribution in [0.25, 0.3) is 11.1 Å². The summed E-state index contributed by atoms with van der Waals surface area (Å²) in [6, 6.07) is 8.28. The maximum Gasteiger partial charge on any atom is 0.298 e. The van der Waals surface area contributed by atoms with Gasteiger partial charge in [0.05, 0.1) is 19.1 Å². The first-order valence-corrected chi connectivity index (χ1v) is 10.2. The van der Waals surface area contributed by atoms with Gasteiger partial charge in [-0.15, -0.1) is 0 Å². The third-order valence-electron chi connectivity index (χ3n) is 6.28. The number of rotatable bonds is 3. The highest BCUT2D eigenvalue weighted by atomic mass is 19.2. The summed E-state index contributed by atoms with van der Waals surface area (Å²) in [5, 5.41) is 3.25. The van der Waals surface area contributed by atoms with E-state index in [4.69, 9.17) is 4.42 Å². The molecule has 1 aromatic carbocycles. The van der Waals surface area contributed by atoms with Crippen LogP contribution in [-0.2, 0) is 4.79 Å². The number of carbonyl (C=O) groups excluding carboxylic acids is 1. The number of alkyl halides is 2. The first-order chi connectivity index (χ1) is 14.1. The quantitative estimate of drug-likeness (QED) is 0.828. The summed E-state index contributed by atoms with van der Waals surface area (Å²) in [6.07, 6.45) is -2.45. The van der Waals surface area contributed by atoms with Crippen molar-refractivity contribution in [1.29, 1.82) is 0 Å². The molecular formula is C20H25F2N5O2. The van der Waals surface area contributed by atoms with E-state index < -0.39 is 12.3 Å². The zero-order valence-corrected chi connectivity index (χ0v) is 16.1. The highest BCUT2D eigenvalue weighted by Crippen LogP contribution is 2.25. The van der Waals surface area contributed by atoms with Crippen LogP contribution in [0.1, 0.15) is 6.42 Å². The number of piperazine rings is 1. The van der Waals surface area contributed by atoms with Crippen LogP contribution in [0.2, 0.25) is 0 Å². The van der Waals surface area contributed by atoms with Crippen LogP contribution in [0, 0.1) is 0 Å². The minimum atomic E-state index is -1.56. The lowest BCUT2D eigenvalue weighted by Crippen LogP contribution is -2.51. The number of likely N-dealkylation sites (tertiary alicyclic amines) is 1. The van der Waals surface area contributed by atoms with Gasteiger partial charge in [-0.05, 0) is 18.6 Å². The van der Waals surface area contributed by atoms with E-state index in [-0.39, 0.29) is 31.1 Å². The monoisotopic (exact) mass is 405 g/mol. The predicted octanol–water partition coefficient (Wildman–Crippen LogP) is 1.20. The largest absolute Gasteiger partial charge is 0.423 e. The van der Waals surface area contributed by atoms with Crippen LogP contribution in [0.4, 0.5) is 14.8 Å². The Bertz CT molecular complexity index is 842. The van der Waals surface area contributed by atoms with E-state index >= 15 is 0 Å². The summed E-state index contributed by atoms with van der Waals surface area (Å²) in [5.74, 6) is -0.180. The molecule has 1 N–H and O–H groups in total. The number of carbonyl (C=O) groups is 1. The predicted molar refractivity (Wildman–Crippen MR) is 104 cm³/mol. The molecule has 2 aromatic rings. The van der Waals surface area contributed by atoms with Gasteiger partial charge in [0.25, 0.3) is 6.01 Å². The summed E-state index contributed by atoms with van der Waals surface area (Å²) in [7, 11) is 0. The number of nitrogens with one attached hydrogen (secondary N) is 1. The molecule has 9 heteroatoms. The van der Waals surface area contributed by atoms with Crippen LogP contribution in [-0.4, -0.2) is 90.9 Å². The Labute approximate surface area is 167 Å². The molecule has 3 aliphatic rings. The number of halogens is 2. The van der Waals surface area contributed by atoms with E-state index in [0.717, 1.165) is 37.3 Å². The van der Waals surface area contributed by atoms with Crippen molar-refractivity contribution in [1.82, 2.24) is 20.1 Å². The highest BCUT2D eigenvalue weighted by molar-refractivity contribution is 5.82. The number of amides is 1. The summed E-state index contributed by atoms with van der Waals surface area (Å²) in [5.41, 5.74) is 1.65. The van der Waals surface area contributed by atoms with Crippen molar-refractivity contribution >= 4 is 23.0 Å². The molecule has 0 unspecified atom stereocenters. The minimum Gasteiger partial charge on any atom is -0.423 e. The molecule has 7 nitrogen and oxygen atoms in total. The van der Waals surface area contributed by atoms with E-state index in [1.165, 1.54) is 4.90 Å². The van der Waals surface area contributed by atoms with Gasteiger partial charge in [-0.25, -0.2) is 8.78 Å². The highest BCUT2D eigenvalue weighted by Gasteiger charge is 2.41. The Morgan fingerprint density at radius 1 is 1.10 bits per heavy atom. The molecule has 1 aromatic heterocycles. The Hall–Kier alpha value is -2.26. The summed E-state index contributed by atoms with van der Waals surface area (Å²) >= 11 is 0. The average Bonchev–Trinajstić information content (AvgIpc) is 3.46. The molecule has 0 saturated carbocycles. The van der Waals surface area contributed by atoms with Crippen molar-refractivity contribution in [3.63, 3.8) is 0 Å². The molecule has 156 valence electrons. The fourth-order valence-electron chi connectivity index (χ4n) is 4.58. The number of hydrogen-bond donors (Lipinski definition) is 1. The van der Waals surface area contributed by atoms with Gasteiger partial charge in [-0.3, -0.25) is 9.69 Å². The van der Waals surface area contributed by atoms with Gasteiger partial charge < -0.3 is 19.5 Å². The molecule has 3 fully saturated rings. The van der Waals surface area contributed by atoms with E-state index in [1.807, 2.05) is 24.3 Å². The number of aromatic nitrogens is 1. The van der Waals surface area contributed by atoms with Crippen LogP contribution in [0.15, 0.2) is 28.7 Å². The van der Waals surface area contributed by atoms with Crippen LogP contribution in [0.5, 0.6) is 0 Å². The standard InChI is InChI=1S/C20H25F2N5O2/c21-14-11-27(12-15(14)22)19(28)17-9-13(10-23-17)25-5-7-26(8-6-25)20-24-16-3-1-2-4-18(16)29-20/h1-4,13-15,17,23H,5-12H2/t13-,14-,15+,17-/m0/s1. The van der Waals surface area contributed by atoms with E-state index in [0.29, 0.717) is 19.0 Å². The summed E-state index contributed by atoms with van der Waals surface area (Å²) < 4.78 is 32.7. The first-order valence-electron chi connectivity index (χ1n) is 10.2. The van der Waals surface area contributed by atoms with Crippen LogP contribution < -0.4 is 10.2 Å². The lowest BCUT2D eigenvalue weighted by molar-refractivity contribution is -0.132. The number of hydrogen-bond acceptors (Lipinski definition) is 6. The third-order valence-corrected chi connectivity index (χ3v) is 6.28. The van der Waals surface area contributed by atoms with Crippen molar-refractivity contribution in [3.8, 4) is 0 Å². The molecule has 0 spiro atoms. The van der Waals surface area contributed by atoms with Crippen molar-refractivity contribution < 1.29 is 18.0 Å². The molecular weight excluding hydrogens is 380 g/mol. The number of anilines is 1. The normalized spacial score (nSPS) is 31.1. The molecule has 4 heterocycles. The van der Waals surface area contributed by atoms with Crippen molar-refractivity contribution in [2.75, 3.05) is 50.7 Å². The molecule has 3 saturated heterocycles. The SMILES string of the molecule is O=C([C@@H]1C[C@H](N2CCN(c3nc4ccccc4o3)CC2)CN1)N1C[C@@H](F)[C@@H](F)C1. The second-order valence-corrected chi connectivity index (χ2v) is 8.11. The van der Waals surface area contributed by atoms with Crippen molar-refractivity contribution in [2.45, 2.75) is 30.8 Å². The molecule has 0 bridgehead atoms. The zero-order chi connectivity index (χ0) is 20.0. The number of benzene rings is 1. The zero-order valence-electron chi connectivity index (χ0n) is 16.1. The number of fused-ring (bicyclic) bond motifs is 1. The van der Waals surface area contributed by atoms with Gasteiger partial charge in [0.1, 0.15) is 5.52 Å². The molecule has 29 heavy (non-hydrogen) atoms.